The molecule has 5 rings (SSSR count). The molecule has 7 heteroatoms. The van der Waals surface area contributed by atoms with Crippen LogP contribution in [0.4, 0.5) is 4.39 Å². The number of thioether (sulfide) groups is 1. The third-order valence-corrected chi connectivity index (χ3v) is 7.32. The maximum atomic E-state index is 14.4. The van der Waals surface area contributed by atoms with Crippen LogP contribution in [0.3, 0.4) is 0 Å². The Hall–Kier alpha value is -3.55. The summed E-state index contributed by atoms with van der Waals surface area (Å²) in [4.78, 5) is 15.6. The van der Waals surface area contributed by atoms with E-state index in [9.17, 15) is 9.18 Å². The predicted octanol–water partition coefficient (Wildman–Crippen LogP) is 6.95. The summed E-state index contributed by atoms with van der Waals surface area (Å²) in [6.45, 7) is 3.69. The number of aryl methyl sites for hydroxylation is 1. The molecule has 0 spiro atoms. The van der Waals surface area contributed by atoms with Gasteiger partial charge in [0.2, 0.25) is 0 Å². The summed E-state index contributed by atoms with van der Waals surface area (Å²) in [6, 6.07) is 24.4. The van der Waals surface area contributed by atoms with Crippen molar-refractivity contribution < 1.29 is 9.18 Å². The van der Waals surface area contributed by atoms with Crippen molar-refractivity contribution in [2.24, 2.45) is 0 Å². The van der Waals surface area contributed by atoms with Gasteiger partial charge in [0.05, 0.1) is 16.6 Å². The fourth-order valence-electron chi connectivity index (χ4n) is 4.01. The first-order valence-electron chi connectivity index (χ1n) is 11.2. The Labute approximate surface area is 213 Å². The monoisotopic (exact) mass is 499 g/mol. The van der Waals surface area contributed by atoms with Gasteiger partial charge in [-0.25, -0.2) is 9.07 Å². The Morgan fingerprint density at radius 2 is 1.71 bits per heavy atom. The smallest absolute Gasteiger partial charge is 0.266 e. The van der Waals surface area contributed by atoms with E-state index in [0.29, 0.717) is 31.6 Å². The van der Waals surface area contributed by atoms with Crippen LogP contribution in [0.1, 0.15) is 29.7 Å². The third-order valence-electron chi connectivity index (χ3n) is 5.99. The summed E-state index contributed by atoms with van der Waals surface area (Å²) in [6.07, 6.45) is 3.66. The summed E-state index contributed by atoms with van der Waals surface area (Å²) >= 11 is 6.86. The minimum atomic E-state index is -0.300. The molecular formula is C28H22FN3OS2. The molecule has 0 bridgehead atoms. The Kier molecular flexibility index (Phi) is 6.36. The highest BCUT2D eigenvalue weighted by Crippen LogP contribution is 2.39. The molecule has 0 radical (unpaired) electrons. The molecule has 1 amide bonds. The average Bonchev–Trinajstić information content (AvgIpc) is 3.42. The molecule has 1 aromatic heterocycles. The van der Waals surface area contributed by atoms with Crippen molar-refractivity contribution in [3.63, 3.8) is 0 Å². The number of rotatable bonds is 5. The first-order chi connectivity index (χ1) is 16.9. The largest absolute Gasteiger partial charge is 0.286 e. The van der Waals surface area contributed by atoms with Gasteiger partial charge in [0.1, 0.15) is 15.8 Å². The molecule has 35 heavy (non-hydrogen) atoms. The van der Waals surface area contributed by atoms with E-state index in [2.05, 4.69) is 0 Å². The van der Waals surface area contributed by atoms with E-state index in [-0.39, 0.29) is 17.8 Å². The fraction of sp³-hybridized carbons (Fsp3) is 0.107. The number of carbonyl (C=O) groups excluding carboxylic acids is 1. The zero-order chi connectivity index (χ0) is 24.5. The Bertz CT molecular complexity index is 1450. The fourth-order valence-corrected chi connectivity index (χ4v) is 5.42. The number of thiocarbonyl (C=S) groups is 1. The van der Waals surface area contributed by atoms with Crippen molar-refractivity contribution in [1.82, 2.24) is 14.7 Å². The van der Waals surface area contributed by atoms with Crippen LogP contribution >= 0.6 is 24.0 Å². The van der Waals surface area contributed by atoms with Crippen molar-refractivity contribution in [3.8, 4) is 16.9 Å². The van der Waals surface area contributed by atoms with Crippen LogP contribution in [0.2, 0.25) is 0 Å². The van der Waals surface area contributed by atoms with Gasteiger partial charge in [-0.2, -0.15) is 5.10 Å². The summed E-state index contributed by atoms with van der Waals surface area (Å²) in [5, 5.41) is 4.75. The van der Waals surface area contributed by atoms with Crippen LogP contribution in [0.15, 0.2) is 90.0 Å². The normalized spacial score (nSPS) is 15.7. The molecule has 1 aliphatic heterocycles. The quantitative estimate of drug-likeness (QED) is 0.220. The number of nitrogens with zero attached hydrogens (tertiary/aromatic N) is 3. The van der Waals surface area contributed by atoms with Gasteiger partial charge in [0.25, 0.3) is 5.91 Å². The summed E-state index contributed by atoms with van der Waals surface area (Å²) in [5.74, 6) is -0.449. The molecule has 4 nitrogen and oxygen atoms in total. The molecule has 0 aliphatic carbocycles. The van der Waals surface area contributed by atoms with Crippen LogP contribution in [0.5, 0.6) is 0 Å². The number of hydrogen-bond donors (Lipinski definition) is 0. The van der Waals surface area contributed by atoms with Crippen LogP contribution < -0.4 is 0 Å². The molecule has 1 unspecified atom stereocenters. The number of carbonyl (C=O) groups is 1. The minimum absolute atomic E-state index is 0.148. The van der Waals surface area contributed by atoms with Gasteiger partial charge in [0.15, 0.2) is 0 Å². The predicted molar refractivity (Wildman–Crippen MR) is 144 cm³/mol. The molecule has 1 saturated heterocycles. The van der Waals surface area contributed by atoms with Crippen LogP contribution in [0.25, 0.3) is 23.0 Å². The zero-order valence-electron chi connectivity index (χ0n) is 19.2. The number of para-hydroxylation sites is 1. The molecule has 1 atom stereocenters. The number of benzene rings is 3. The molecule has 0 N–H and O–H groups in total. The summed E-state index contributed by atoms with van der Waals surface area (Å²) < 4.78 is 16.7. The van der Waals surface area contributed by atoms with E-state index in [0.717, 1.165) is 11.3 Å². The van der Waals surface area contributed by atoms with Gasteiger partial charge >= 0.3 is 0 Å². The number of aromatic nitrogens is 2. The lowest BCUT2D eigenvalue weighted by Crippen LogP contribution is -2.30. The van der Waals surface area contributed by atoms with Crippen LogP contribution in [-0.4, -0.2) is 24.9 Å². The van der Waals surface area contributed by atoms with Crippen molar-refractivity contribution in [1.29, 1.82) is 0 Å². The maximum Gasteiger partial charge on any atom is 0.266 e. The molecule has 1 aliphatic rings. The highest BCUT2D eigenvalue weighted by molar-refractivity contribution is 8.26. The lowest BCUT2D eigenvalue weighted by molar-refractivity contribution is -0.123. The highest BCUT2D eigenvalue weighted by atomic mass is 32.2. The Balaban J connectivity index is 1.56. The van der Waals surface area contributed by atoms with Gasteiger partial charge in [0, 0.05) is 17.3 Å². The summed E-state index contributed by atoms with van der Waals surface area (Å²) in [7, 11) is 0. The van der Waals surface area contributed by atoms with Gasteiger partial charge in [-0.05, 0) is 49.2 Å². The molecular weight excluding hydrogens is 477 g/mol. The van der Waals surface area contributed by atoms with Crippen LogP contribution in [-0.2, 0) is 4.79 Å². The van der Waals surface area contributed by atoms with Crippen molar-refractivity contribution in [2.75, 3.05) is 0 Å². The second kappa shape index (κ2) is 9.60. The van der Waals surface area contributed by atoms with E-state index in [4.69, 9.17) is 17.3 Å². The SMILES string of the molecule is Cc1ccc(-c2nn(-c3ccccc3)cc2C=C2SC(=S)N(C(C)c3ccccc3)C2=O)cc1F. The first-order valence-corrected chi connectivity index (χ1v) is 12.4. The maximum absolute atomic E-state index is 14.4. The van der Waals surface area contributed by atoms with Crippen molar-refractivity contribution in [2.45, 2.75) is 19.9 Å². The highest BCUT2D eigenvalue weighted by Gasteiger charge is 2.36. The van der Waals surface area contributed by atoms with Gasteiger partial charge < -0.3 is 0 Å². The van der Waals surface area contributed by atoms with Crippen LogP contribution in [0, 0.1) is 12.7 Å². The van der Waals surface area contributed by atoms with Gasteiger partial charge in [-0.15, -0.1) is 0 Å². The minimum Gasteiger partial charge on any atom is -0.286 e. The molecule has 174 valence electrons. The second-order valence-corrected chi connectivity index (χ2v) is 9.99. The molecule has 3 aromatic carbocycles. The molecule has 2 heterocycles. The third kappa shape index (κ3) is 4.57. The van der Waals surface area contributed by atoms with E-state index in [1.165, 1.54) is 17.8 Å². The molecule has 1 fully saturated rings. The molecule has 0 saturated carbocycles. The van der Waals surface area contributed by atoms with E-state index >= 15 is 0 Å². The van der Waals surface area contributed by atoms with E-state index in [1.807, 2.05) is 79.9 Å². The van der Waals surface area contributed by atoms with E-state index in [1.54, 1.807) is 28.6 Å². The lowest BCUT2D eigenvalue weighted by Gasteiger charge is -2.23. The van der Waals surface area contributed by atoms with Gasteiger partial charge in [-0.1, -0.05) is 84.6 Å². The van der Waals surface area contributed by atoms with Gasteiger partial charge in [-0.3, -0.25) is 9.69 Å². The van der Waals surface area contributed by atoms with Crippen molar-refractivity contribution in [3.05, 3.63) is 112 Å². The molecule has 4 aromatic rings. The first kappa shape index (κ1) is 23.2. The lowest BCUT2D eigenvalue weighted by atomic mass is 10.1. The summed E-state index contributed by atoms with van der Waals surface area (Å²) in [5.41, 5.74) is 4.39. The van der Waals surface area contributed by atoms with Crippen molar-refractivity contribution >= 4 is 40.3 Å². The standard InChI is InChI=1S/C28H22FN3OS2/c1-18-13-14-21(15-24(18)29)26-22(17-31(30-26)23-11-7-4-8-12-23)16-25-27(33)32(28(34)35-25)19(2)20-9-5-3-6-10-20/h3-17,19H,1-2H3. The van der Waals surface area contributed by atoms with E-state index < -0.39 is 0 Å². The Morgan fingerprint density at radius 1 is 1.03 bits per heavy atom. The second-order valence-electron chi connectivity index (χ2n) is 8.32. The Morgan fingerprint density at radius 3 is 2.40 bits per heavy atom. The number of amides is 1. The average molecular weight is 500 g/mol. The number of halogens is 1. The topological polar surface area (TPSA) is 38.1 Å². The number of hydrogen-bond acceptors (Lipinski definition) is 4. The zero-order valence-corrected chi connectivity index (χ0v) is 20.8.